The summed E-state index contributed by atoms with van der Waals surface area (Å²) in [6.07, 6.45) is 3.59. The molecule has 1 saturated carbocycles. The summed E-state index contributed by atoms with van der Waals surface area (Å²) in [7, 11) is 0. The summed E-state index contributed by atoms with van der Waals surface area (Å²) in [4.78, 5) is 27.1. The van der Waals surface area contributed by atoms with Crippen molar-refractivity contribution >= 4 is 23.3 Å². The van der Waals surface area contributed by atoms with Crippen molar-refractivity contribution in [2.75, 3.05) is 18.4 Å². The van der Waals surface area contributed by atoms with Gasteiger partial charge in [-0.1, -0.05) is 6.07 Å². The number of carbonyl (C=O) groups is 2. The number of hydrogen-bond donors (Lipinski definition) is 3. The molecule has 1 aliphatic rings. The summed E-state index contributed by atoms with van der Waals surface area (Å²) in [5.74, 6) is -0.479. The number of aromatic nitrogens is 2. The molecule has 0 radical (unpaired) electrons. The third kappa shape index (κ3) is 2.81. The molecule has 0 atom stereocenters. The molecule has 2 aromatic heterocycles. The summed E-state index contributed by atoms with van der Waals surface area (Å²) >= 11 is 0. The fraction of sp³-hybridized carbons (Fsp3) is 0.357. The molecule has 0 spiro atoms. The first-order chi connectivity index (χ1) is 10.2. The van der Waals surface area contributed by atoms with E-state index >= 15 is 0 Å². The number of pyridine rings is 1. The van der Waals surface area contributed by atoms with Crippen LogP contribution in [0.2, 0.25) is 0 Å². The molecule has 1 aliphatic carbocycles. The monoisotopic (exact) mass is 288 g/mol. The van der Waals surface area contributed by atoms with Gasteiger partial charge in [0.15, 0.2) is 11.5 Å². The van der Waals surface area contributed by atoms with Crippen molar-refractivity contribution in [3.05, 3.63) is 30.1 Å². The lowest BCUT2D eigenvalue weighted by atomic mass is 10.4. The van der Waals surface area contributed by atoms with Gasteiger partial charge in [-0.25, -0.2) is 9.78 Å². The number of carbonyl (C=O) groups excluding carboxylic acids is 1. The van der Waals surface area contributed by atoms with Crippen molar-refractivity contribution < 1.29 is 14.7 Å². The predicted octanol–water partition coefficient (Wildman–Crippen LogP) is 0.971. The van der Waals surface area contributed by atoms with Gasteiger partial charge in [0.25, 0.3) is 0 Å². The number of imidazole rings is 1. The molecule has 2 heterocycles. The van der Waals surface area contributed by atoms with Crippen LogP contribution in [-0.2, 0) is 4.79 Å². The van der Waals surface area contributed by atoms with Gasteiger partial charge in [0.05, 0.1) is 0 Å². The molecular weight excluding hydrogens is 272 g/mol. The average molecular weight is 288 g/mol. The fourth-order valence-corrected chi connectivity index (χ4v) is 2.18. The van der Waals surface area contributed by atoms with Gasteiger partial charge in [-0.3, -0.25) is 9.20 Å². The number of nitrogens with one attached hydrogen (secondary N) is 2. The number of carboxylic acid groups (broad SMARTS) is 1. The van der Waals surface area contributed by atoms with E-state index in [-0.39, 0.29) is 17.5 Å². The highest BCUT2D eigenvalue weighted by Crippen LogP contribution is 2.28. The Morgan fingerprint density at radius 1 is 1.33 bits per heavy atom. The number of anilines is 1. The molecule has 3 rings (SSSR count). The van der Waals surface area contributed by atoms with Gasteiger partial charge < -0.3 is 15.7 Å². The molecule has 110 valence electrons. The molecule has 1 fully saturated rings. The number of amides is 1. The molecule has 0 bridgehead atoms. The minimum absolute atomic E-state index is 0.0743. The van der Waals surface area contributed by atoms with Crippen LogP contribution in [0.5, 0.6) is 0 Å². The smallest absolute Gasteiger partial charge is 0.356 e. The van der Waals surface area contributed by atoms with Crippen molar-refractivity contribution in [3.63, 3.8) is 0 Å². The first-order valence-electron chi connectivity index (χ1n) is 6.89. The van der Waals surface area contributed by atoms with E-state index in [1.807, 2.05) is 0 Å². The lowest BCUT2D eigenvalue weighted by Gasteiger charge is -2.06. The summed E-state index contributed by atoms with van der Waals surface area (Å²) < 4.78 is 1.52. The minimum Gasteiger partial charge on any atom is -0.476 e. The van der Waals surface area contributed by atoms with Crippen molar-refractivity contribution in [1.82, 2.24) is 14.7 Å². The Labute approximate surface area is 121 Å². The van der Waals surface area contributed by atoms with Gasteiger partial charge in [0.1, 0.15) is 5.65 Å². The largest absolute Gasteiger partial charge is 0.476 e. The highest BCUT2D eigenvalue weighted by atomic mass is 16.4. The number of rotatable bonds is 6. The van der Waals surface area contributed by atoms with E-state index in [0.29, 0.717) is 24.6 Å². The zero-order valence-corrected chi connectivity index (χ0v) is 11.4. The van der Waals surface area contributed by atoms with Gasteiger partial charge >= 0.3 is 5.97 Å². The van der Waals surface area contributed by atoms with Crippen molar-refractivity contribution in [2.24, 2.45) is 5.92 Å². The normalized spacial score (nSPS) is 14.1. The van der Waals surface area contributed by atoms with E-state index in [9.17, 15) is 14.7 Å². The molecule has 0 unspecified atom stereocenters. The van der Waals surface area contributed by atoms with Crippen LogP contribution in [0.25, 0.3) is 5.65 Å². The first kappa shape index (κ1) is 13.4. The highest BCUT2D eigenvalue weighted by Gasteiger charge is 2.29. The van der Waals surface area contributed by atoms with Crippen LogP contribution in [-0.4, -0.2) is 39.5 Å². The van der Waals surface area contributed by atoms with Crippen molar-refractivity contribution in [2.45, 2.75) is 12.8 Å². The molecule has 1 amide bonds. The molecule has 7 nitrogen and oxygen atoms in total. The van der Waals surface area contributed by atoms with Crippen LogP contribution in [0.3, 0.4) is 0 Å². The molecular formula is C14H16N4O3. The lowest BCUT2D eigenvalue weighted by Crippen LogP contribution is -2.30. The summed E-state index contributed by atoms with van der Waals surface area (Å²) in [5.41, 5.74) is 0.665. The fourth-order valence-electron chi connectivity index (χ4n) is 2.18. The van der Waals surface area contributed by atoms with E-state index in [2.05, 4.69) is 15.6 Å². The van der Waals surface area contributed by atoms with Crippen molar-refractivity contribution in [3.8, 4) is 0 Å². The van der Waals surface area contributed by atoms with E-state index in [4.69, 9.17) is 0 Å². The van der Waals surface area contributed by atoms with Crippen LogP contribution in [0.1, 0.15) is 23.3 Å². The second-order valence-corrected chi connectivity index (χ2v) is 5.04. The maximum atomic E-state index is 11.5. The summed E-state index contributed by atoms with van der Waals surface area (Å²) in [5, 5.41) is 15.1. The number of aromatic carboxylic acids is 1. The van der Waals surface area contributed by atoms with Crippen LogP contribution in [0.4, 0.5) is 5.82 Å². The van der Waals surface area contributed by atoms with Crippen LogP contribution in [0, 0.1) is 5.92 Å². The predicted molar refractivity (Wildman–Crippen MR) is 76.4 cm³/mol. The Balaban J connectivity index is 1.66. The van der Waals surface area contributed by atoms with E-state index in [1.54, 1.807) is 24.4 Å². The Kier molecular flexibility index (Phi) is 3.47. The Morgan fingerprint density at radius 3 is 2.86 bits per heavy atom. The Morgan fingerprint density at radius 2 is 2.14 bits per heavy atom. The third-order valence-corrected chi connectivity index (χ3v) is 3.40. The van der Waals surface area contributed by atoms with Gasteiger partial charge in [0.2, 0.25) is 5.91 Å². The standard InChI is InChI=1S/C14H16N4O3/c19-13(9-4-5-9)16-7-6-15-12-11(14(20)21)18-8-2-1-3-10(18)17-12/h1-3,8-9,15H,4-7H2,(H,16,19)(H,20,21). The second-order valence-electron chi connectivity index (χ2n) is 5.04. The topological polar surface area (TPSA) is 95.7 Å². The maximum Gasteiger partial charge on any atom is 0.356 e. The molecule has 0 aromatic carbocycles. The summed E-state index contributed by atoms with van der Waals surface area (Å²) in [6.45, 7) is 0.880. The number of nitrogens with zero attached hydrogens (tertiary/aromatic N) is 2. The number of carboxylic acids is 1. The quantitative estimate of drug-likeness (QED) is 0.688. The van der Waals surface area contributed by atoms with Crippen LogP contribution >= 0.6 is 0 Å². The molecule has 0 saturated heterocycles. The Hall–Kier alpha value is -2.57. The van der Waals surface area contributed by atoms with Gasteiger partial charge in [-0.05, 0) is 25.0 Å². The average Bonchev–Trinajstić information content (AvgIpc) is 3.24. The Bertz CT molecular complexity index is 691. The van der Waals surface area contributed by atoms with Gasteiger partial charge in [-0.2, -0.15) is 0 Å². The summed E-state index contributed by atoms with van der Waals surface area (Å²) in [6, 6.07) is 5.29. The molecule has 3 N–H and O–H groups in total. The van der Waals surface area contributed by atoms with Gasteiger partial charge in [-0.15, -0.1) is 0 Å². The van der Waals surface area contributed by atoms with Crippen LogP contribution < -0.4 is 10.6 Å². The minimum atomic E-state index is -1.04. The number of fused-ring (bicyclic) bond motifs is 1. The zero-order chi connectivity index (χ0) is 14.8. The van der Waals surface area contributed by atoms with E-state index in [0.717, 1.165) is 12.8 Å². The zero-order valence-electron chi connectivity index (χ0n) is 11.4. The SMILES string of the molecule is O=C(O)c1c(NCCNC(=O)C2CC2)nc2ccccn12. The van der Waals surface area contributed by atoms with Gasteiger partial charge in [0, 0.05) is 25.2 Å². The molecule has 7 heteroatoms. The number of hydrogen-bond acceptors (Lipinski definition) is 4. The molecule has 2 aromatic rings. The highest BCUT2D eigenvalue weighted by molar-refractivity contribution is 5.93. The van der Waals surface area contributed by atoms with E-state index in [1.165, 1.54) is 4.40 Å². The molecule has 21 heavy (non-hydrogen) atoms. The van der Waals surface area contributed by atoms with Crippen molar-refractivity contribution in [1.29, 1.82) is 0 Å². The van der Waals surface area contributed by atoms with Crippen LogP contribution in [0.15, 0.2) is 24.4 Å². The lowest BCUT2D eigenvalue weighted by molar-refractivity contribution is -0.122. The maximum absolute atomic E-state index is 11.5. The molecule has 0 aliphatic heterocycles. The first-order valence-corrected chi connectivity index (χ1v) is 6.89. The van der Waals surface area contributed by atoms with E-state index < -0.39 is 5.97 Å². The third-order valence-electron chi connectivity index (χ3n) is 3.40. The second kappa shape index (κ2) is 5.43.